The third-order valence-corrected chi connectivity index (χ3v) is 3.10. The van der Waals surface area contributed by atoms with Gasteiger partial charge < -0.3 is 5.73 Å². The highest BCUT2D eigenvalue weighted by molar-refractivity contribution is 5.89. The van der Waals surface area contributed by atoms with Crippen LogP contribution in [0.4, 0.5) is 11.6 Å². The lowest BCUT2D eigenvalue weighted by Gasteiger charge is -2.07. The van der Waals surface area contributed by atoms with E-state index in [1.54, 1.807) is 0 Å². The maximum absolute atomic E-state index is 5.97. The van der Waals surface area contributed by atoms with Gasteiger partial charge in [-0.3, -0.25) is 5.32 Å². The van der Waals surface area contributed by atoms with Crippen molar-refractivity contribution >= 4 is 17.6 Å². The van der Waals surface area contributed by atoms with Crippen LogP contribution in [0.2, 0.25) is 0 Å². The first-order valence-electron chi connectivity index (χ1n) is 6.50. The number of nitrogens with two attached hydrogens (primary N) is 1. The predicted molar refractivity (Wildman–Crippen MR) is 80.9 cm³/mol. The molecule has 0 aliphatic heterocycles. The van der Waals surface area contributed by atoms with E-state index in [9.17, 15) is 0 Å². The van der Waals surface area contributed by atoms with E-state index in [1.165, 1.54) is 11.1 Å². The van der Waals surface area contributed by atoms with Crippen molar-refractivity contribution in [2.24, 2.45) is 5.73 Å². The largest absolute Gasteiger partial charge is 0.354 e. The summed E-state index contributed by atoms with van der Waals surface area (Å²) >= 11 is 0. The van der Waals surface area contributed by atoms with Gasteiger partial charge in [-0.05, 0) is 44.9 Å². The molecular weight excluding hydrogens is 250 g/mol. The van der Waals surface area contributed by atoms with E-state index in [-0.39, 0.29) is 0 Å². The standard InChI is InChI=1S/C15H19N5/c1-9-6-5-7-13(12(9)4)19-14(16)20-15-17-10(2)8-11(3)18-15/h5-8H,1-4H3,(H3,16,17,18,19,20)/p+1. The first kappa shape index (κ1) is 14.0. The topological polar surface area (TPSA) is 77.8 Å². The molecule has 0 aliphatic carbocycles. The second kappa shape index (κ2) is 5.69. The van der Waals surface area contributed by atoms with E-state index in [0.717, 1.165) is 17.1 Å². The molecule has 5 heteroatoms. The van der Waals surface area contributed by atoms with E-state index in [4.69, 9.17) is 5.73 Å². The zero-order valence-corrected chi connectivity index (χ0v) is 12.3. The number of aryl methyl sites for hydroxylation is 3. The van der Waals surface area contributed by atoms with E-state index < -0.39 is 0 Å². The van der Waals surface area contributed by atoms with Crippen molar-refractivity contribution in [2.75, 3.05) is 5.32 Å². The summed E-state index contributed by atoms with van der Waals surface area (Å²) in [7, 11) is 0. The summed E-state index contributed by atoms with van der Waals surface area (Å²) < 4.78 is 0. The fraction of sp³-hybridized carbons (Fsp3) is 0.267. The number of nitrogens with zero attached hydrogens (tertiary/aromatic N) is 2. The highest BCUT2D eigenvalue weighted by Gasteiger charge is 2.07. The Hall–Kier alpha value is -2.43. The third-order valence-electron chi connectivity index (χ3n) is 3.10. The fourth-order valence-corrected chi connectivity index (χ4v) is 1.97. The third kappa shape index (κ3) is 3.32. The zero-order chi connectivity index (χ0) is 14.7. The summed E-state index contributed by atoms with van der Waals surface area (Å²) in [6.45, 7) is 7.97. The molecular formula is C15H20N5+. The van der Waals surface area contributed by atoms with Gasteiger partial charge in [0.15, 0.2) is 0 Å². The minimum atomic E-state index is 0.406. The van der Waals surface area contributed by atoms with Gasteiger partial charge in [0.05, 0.1) is 17.1 Å². The molecule has 1 heterocycles. The molecule has 0 radical (unpaired) electrons. The van der Waals surface area contributed by atoms with E-state index in [0.29, 0.717) is 11.9 Å². The Morgan fingerprint density at radius 2 is 1.75 bits per heavy atom. The molecule has 1 aromatic carbocycles. The van der Waals surface area contributed by atoms with Gasteiger partial charge in [0.2, 0.25) is 0 Å². The van der Waals surface area contributed by atoms with Crippen molar-refractivity contribution in [3.8, 4) is 0 Å². The van der Waals surface area contributed by atoms with Crippen LogP contribution in [0.5, 0.6) is 0 Å². The van der Waals surface area contributed by atoms with Gasteiger partial charge in [0.25, 0.3) is 5.96 Å². The molecule has 0 unspecified atom stereocenters. The average Bonchev–Trinajstić information content (AvgIpc) is 2.33. The Kier molecular flexibility index (Phi) is 3.98. The lowest BCUT2D eigenvalue weighted by Crippen LogP contribution is -2.72. The maximum atomic E-state index is 5.97. The maximum Gasteiger partial charge on any atom is 0.354 e. The van der Waals surface area contributed by atoms with Crippen LogP contribution in [-0.4, -0.2) is 15.9 Å². The smallest absolute Gasteiger partial charge is 0.322 e. The second-order valence-electron chi connectivity index (χ2n) is 4.89. The fourth-order valence-electron chi connectivity index (χ4n) is 1.97. The van der Waals surface area contributed by atoms with Crippen molar-refractivity contribution in [3.63, 3.8) is 0 Å². The molecule has 0 atom stereocenters. The van der Waals surface area contributed by atoms with Crippen molar-refractivity contribution < 1.29 is 4.99 Å². The number of benzene rings is 1. The van der Waals surface area contributed by atoms with Gasteiger partial charge in [0, 0.05) is 6.07 Å². The number of nitrogens with one attached hydrogen (secondary N) is 2. The molecule has 0 saturated carbocycles. The molecule has 0 amide bonds. The summed E-state index contributed by atoms with van der Waals surface area (Å²) in [6, 6.07) is 7.96. The molecule has 1 aromatic heterocycles. The first-order chi connectivity index (χ1) is 9.45. The van der Waals surface area contributed by atoms with Crippen LogP contribution < -0.4 is 16.0 Å². The molecule has 4 N–H and O–H groups in total. The van der Waals surface area contributed by atoms with Crippen LogP contribution in [0.3, 0.4) is 0 Å². The Balaban J connectivity index is 2.25. The van der Waals surface area contributed by atoms with Crippen molar-refractivity contribution in [2.45, 2.75) is 27.7 Å². The van der Waals surface area contributed by atoms with Crippen LogP contribution in [0.1, 0.15) is 22.5 Å². The van der Waals surface area contributed by atoms with Crippen molar-refractivity contribution in [1.29, 1.82) is 0 Å². The van der Waals surface area contributed by atoms with Crippen LogP contribution in [0.15, 0.2) is 24.3 Å². The van der Waals surface area contributed by atoms with Crippen LogP contribution in [0.25, 0.3) is 0 Å². The van der Waals surface area contributed by atoms with Crippen LogP contribution in [-0.2, 0) is 0 Å². The molecule has 0 saturated heterocycles. The SMILES string of the molecule is Cc1cc(C)nc([NH+]=C(N)Nc2cccc(C)c2C)n1. The van der Waals surface area contributed by atoms with Gasteiger partial charge in [0.1, 0.15) is 0 Å². The lowest BCUT2D eigenvalue weighted by molar-refractivity contribution is -0.365. The number of guanidine groups is 1. The number of hydrogen-bond donors (Lipinski definition) is 3. The van der Waals surface area contributed by atoms with Gasteiger partial charge in [-0.1, -0.05) is 12.1 Å². The molecule has 0 aliphatic rings. The summed E-state index contributed by atoms with van der Waals surface area (Å²) in [5.41, 5.74) is 11.1. The number of anilines is 1. The molecule has 2 rings (SSSR count). The van der Waals surface area contributed by atoms with Crippen molar-refractivity contribution in [1.82, 2.24) is 9.97 Å². The lowest BCUT2D eigenvalue weighted by atomic mass is 10.1. The minimum Gasteiger partial charge on any atom is -0.322 e. The quantitative estimate of drug-likeness (QED) is 0.558. The number of rotatable bonds is 2. The monoisotopic (exact) mass is 270 g/mol. The number of aromatic nitrogens is 2. The predicted octanol–water partition coefficient (Wildman–Crippen LogP) is 0.849. The van der Waals surface area contributed by atoms with Gasteiger partial charge in [-0.15, -0.1) is 9.97 Å². The van der Waals surface area contributed by atoms with Crippen LogP contribution in [0, 0.1) is 27.7 Å². The molecule has 20 heavy (non-hydrogen) atoms. The molecule has 0 bridgehead atoms. The molecule has 0 spiro atoms. The first-order valence-corrected chi connectivity index (χ1v) is 6.50. The van der Waals surface area contributed by atoms with E-state index in [1.807, 2.05) is 32.0 Å². The molecule has 5 nitrogen and oxygen atoms in total. The summed E-state index contributed by atoms with van der Waals surface area (Å²) in [4.78, 5) is 11.6. The Morgan fingerprint density at radius 1 is 1.10 bits per heavy atom. The van der Waals surface area contributed by atoms with Gasteiger partial charge in [-0.2, -0.15) is 0 Å². The zero-order valence-electron chi connectivity index (χ0n) is 12.3. The molecule has 104 valence electrons. The Morgan fingerprint density at radius 3 is 2.40 bits per heavy atom. The van der Waals surface area contributed by atoms with Gasteiger partial charge in [-0.25, -0.2) is 4.99 Å². The van der Waals surface area contributed by atoms with Crippen LogP contribution >= 0.6 is 0 Å². The van der Waals surface area contributed by atoms with E-state index >= 15 is 0 Å². The molecule has 2 aromatic rings. The highest BCUT2D eigenvalue weighted by atomic mass is 15.2. The summed E-state index contributed by atoms with van der Waals surface area (Å²) in [6.07, 6.45) is 0. The highest BCUT2D eigenvalue weighted by Crippen LogP contribution is 2.17. The normalized spacial score (nSPS) is 11.5. The second-order valence-corrected chi connectivity index (χ2v) is 4.89. The Bertz CT molecular complexity index is 641. The summed E-state index contributed by atoms with van der Waals surface area (Å²) in [5, 5.41) is 3.14. The summed E-state index contributed by atoms with van der Waals surface area (Å²) in [5.74, 6) is 0.904. The van der Waals surface area contributed by atoms with Gasteiger partial charge >= 0.3 is 5.95 Å². The molecule has 0 fully saturated rings. The number of hydrogen-bond acceptors (Lipinski definition) is 2. The Labute approximate surface area is 119 Å². The minimum absolute atomic E-state index is 0.406. The average molecular weight is 270 g/mol. The van der Waals surface area contributed by atoms with E-state index in [2.05, 4.69) is 40.2 Å². The van der Waals surface area contributed by atoms with Crippen molar-refractivity contribution in [3.05, 3.63) is 46.8 Å².